The van der Waals surface area contributed by atoms with Crippen LogP contribution in [0.2, 0.25) is 0 Å². The Balaban J connectivity index is 1.69. The van der Waals surface area contributed by atoms with Crippen molar-refractivity contribution in [3.05, 3.63) is 76.5 Å². The molecule has 0 aliphatic rings. The number of hydrogen-bond donors (Lipinski definition) is 0. The SMILES string of the molecule is COc1ccc(OC)c(C(=O)Cn2cnc3c(cnn3-c3ccc(C)cc3)c2=O)c1. The van der Waals surface area contributed by atoms with Crippen LogP contribution in [0.1, 0.15) is 15.9 Å². The number of ether oxygens (including phenoxy) is 2. The minimum absolute atomic E-state index is 0.180. The Morgan fingerprint density at radius 1 is 1.07 bits per heavy atom. The molecule has 8 heteroatoms. The number of nitrogens with zero attached hydrogens (tertiary/aromatic N) is 4. The molecule has 30 heavy (non-hydrogen) atoms. The van der Waals surface area contributed by atoms with Gasteiger partial charge in [-0.15, -0.1) is 0 Å². The molecule has 0 atom stereocenters. The fraction of sp³-hybridized carbons (Fsp3) is 0.182. The van der Waals surface area contributed by atoms with Gasteiger partial charge in [0.25, 0.3) is 5.56 Å². The predicted molar refractivity (Wildman–Crippen MR) is 112 cm³/mol. The molecule has 0 bridgehead atoms. The van der Waals surface area contributed by atoms with Crippen molar-refractivity contribution in [3.8, 4) is 17.2 Å². The van der Waals surface area contributed by atoms with Gasteiger partial charge in [0.15, 0.2) is 11.4 Å². The second kappa shape index (κ2) is 7.82. The lowest BCUT2D eigenvalue weighted by atomic mass is 10.1. The van der Waals surface area contributed by atoms with Crippen molar-refractivity contribution in [2.75, 3.05) is 14.2 Å². The van der Waals surface area contributed by atoms with E-state index in [1.165, 1.54) is 31.3 Å². The van der Waals surface area contributed by atoms with E-state index in [0.29, 0.717) is 28.1 Å². The Morgan fingerprint density at radius 2 is 1.83 bits per heavy atom. The molecule has 4 aromatic rings. The Labute approximate surface area is 172 Å². The fourth-order valence-electron chi connectivity index (χ4n) is 3.21. The highest BCUT2D eigenvalue weighted by atomic mass is 16.5. The lowest BCUT2D eigenvalue weighted by molar-refractivity contribution is 0.0967. The van der Waals surface area contributed by atoms with Crippen molar-refractivity contribution < 1.29 is 14.3 Å². The molecule has 0 N–H and O–H groups in total. The van der Waals surface area contributed by atoms with Crippen molar-refractivity contribution in [1.29, 1.82) is 0 Å². The third-order valence-corrected chi connectivity index (χ3v) is 4.85. The van der Waals surface area contributed by atoms with Crippen molar-refractivity contribution >= 4 is 16.8 Å². The van der Waals surface area contributed by atoms with Gasteiger partial charge < -0.3 is 9.47 Å². The maximum absolute atomic E-state index is 12.9. The maximum atomic E-state index is 12.9. The molecule has 2 aromatic carbocycles. The zero-order valence-electron chi connectivity index (χ0n) is 16.8. The largest absolute Gasteiger partial charge is 0.497 e. The van der Waals surface area contributed by atoms with Crippen LogP contribution in [0.15, 0.2) is 59.8 Å². The van der Waals surface area contributed by atoms with Crippen LogP contribution in [0.25, 0.3) is 16.7 Å². The second-order valence-electron chi connectivity index (χ2n) is 6.80. The first-order chi connectivity index (χ1) is 14.5. The number of rotatable bonds is 6. The van der Waals surface area contributed by atoms with Gasteiger partial charge >= 0.3 is 0 Å². The van der Waals surface area contributed by atoms with Gasteiger partial charge in [-0.3, -0.25) is 14.2 Å². The molecule has 0 aliphatic heterocycles. The van der Waals surface area contributed by atoms with E-state index < -0.39 is 0 Å². The molecular formula is C22H20N4O4. The minimum Gasteiger partial charge on any atom is -0.497 e. The molecular weight excluding hydrogens is 384 g/mol. The molecule has 0 saturated carbocycles. The van der Waals surface area contributed by atoms with Crippen LogP contribution < -0.4 is 15.0 Å². The molecule has 8 nitrogen and oxygen atoms in total. The summed E-state index contributed by atoms with van der Waals surface area (Å²) in [6.07, 6.45) is 2.83. The molecule has 2 heterocycles. The van der Waals surface area contributed by atoms with Gasteiger partial charge in [0, 0.05) is 0 Å². The average molecular weight is 404 g/mol. The third-order valence-electron chi connectivity index (χ3n) is 4.85. The van der Waals surface area contributed by atoms with E-state index in [9.17, 15) is 9.59 Å². The number of ketones is 1. The number of aryl methyl sites for hydroxylation is 1. The van der Waals surface area contributed by atoms with Crippen LogP contribution in [-0.2, 0) is 6.54 Å². The standard InChI is InChI=1S/C22H20N4O4/c1-14-4-6-15(7-5-14)26-21-18(11-24-26)22(28)25(13-23-21)12-19(27)17-10-16(29-2)8-9-20(17)30-3/h4-11,13H,12H2,1-3H3. The number of Topliss-reactive ketones (excluding diaryl/α,β-unsaturated/α-hetero) is 1. The summed E-state index contributed by atoms with van der Waals surface area (Å²) in [4.78, 5) is 30.2. The molecule has 2 aromatic heterocycles. The van der Waals surface area contributed by atoms with E-state index in [0.717, 1.165) is 11.3 Å². The summed E-state index contributed by atoms with van der Waals surface area (Å²) < 4.78 is 13.3. The second-order valence-corrected chi connectivity index (χ2v) is 6.80. The van der Waals surface area contributed by atoms with Gasteiger partial charge in [0.2, 0.25) is 0 Å². The molecule has 152 valence electrons. The van der Waals surface area contributed by atoms with E-state index in [4.69, 9.17) is 9.47 Å². The molecule has 0 unspecified atom stereocenters. The summed E-state index contributed by atoms with van der Waals surface area (Å²) in [5, 5.41) is 4.64. The number of fused-ring (bicyclic) bond motifs is 1. The lowest BCUT2D eigenvalue weighted by Gasteiger charge is -2.10. The predicted octanol–water partition coefficient (Wildman–Crippen LogP) is 2.79. The first-order valence-electron chi connectivity index (χ1n) is 9.27. The van der Waals surface area contributed by atoms with Crippen LogP contribution in [0.5, 0.6) is 11.5 Å². The van der Waals surface area contributed by atoms with Crippen molar-refractivity contribution in [1.82, 2.24) is 19.3 Å². The average Bonchev–Trinajstić information content (AvgIpc) is 3.20. The Kier molecular flexibility index (Phi) is 5.05. The number of benzene rings is 2. The molecule has 0 aliphatic carbocycles. The van der Waals surface area contributed by atoms with Crippen molar-refractivity contribution in [3.63, 3.8) is 0 Å². The highest BCUT2D eigenvalue weighted by Crippen LogP contribution is 2.24. The molecule has 0 fully saturated rings. The first-order valence-corrected chi connectivity index (χ1v) is 9.27. The zero-order valence-corrected chi connectivity index (χ0v) is 16.8. The number of carbonyl (C=O) groups excluding carboxylic acids is 1. The zero-order chi connectivity index (χ0) is 21.3. The molecule has 0 radical (unpaired) electrons. The quantitative estimate of drug-likeness (QED) is 0.459. The van der Waals surface area contributed by atoms with Crippen LogP contribution in [0.4, 0.5) is 0 Å². The Morgan fingerprint density at radius 3 is 2.53 bits per heavy atom. The van der Waals surface area contributed by atoms with Crippen LogP contribution in [0.3, 0.4) is 0 Å². The number of methoxy groups -OCH3 is 2. The van der Waals surface area contributed by atoms with Gasteiger partial charge in [-0.2, -0.15) is 5.10 Å². The highest BCUT2D eigenvalue weighted by Gasteiger charge is 2.17. The summed E-state index contributed by atoms with van der Waals surface area (Å²) in [6.45, 7) is 1.82. The fourth-order valence-corrected chi connectivity index (χ4v) is 3.21. The van der Waals surface area contributed by atoms with E-state index in [1.807, 2.05) is 31.2 Å². The Bertz CT molecular complexity index is 1290. The Hall–Kier alpha value is -3.94. The van der Waals surface area contributed by atoms with Crippen LogP contribution in [-0.4, -0.2) is 39.3 Å². The maximum Gasteiger partial charge on any atom is 0.264 e. The summed E-state index contributed by atoms with van der Waals surface area (Å²) >= 11 is 0. The van der Waals surface area contributed by atoms with Crippen molar-refractivity contribution in [2.45, 2.75) is 13.5 Å². The van der Waals surface area contributed by atoms with Gasteiger partial charge in [-0.25, -0.2) is 9.67 Å². The van der Waals surface area contributed by atoms with Crippen molar-refractivity contribution in [2.24, 2.45) is 0 Å². The summed E-state index contributed by atoms with van der Waals surface area (Å²) in [5.41, 5.74) is 2.36. The minimum atomic E-state index is -0.339. The number of carbonyl (C=O) groups is 1. The topological polar surface area (TPSA) is 88.2 Å². The molecule has 0 saturated heterocycles. The number of aromatic nitrogens is 4. The highest BCUT2D eigenvalue weighted by molar-refractivity contribution is 5.99. The summed E-state index contributed by atoms with van der Waals surface area (Å²) in [7, 11) is 3.00. The van der Waals surface area contributed by atoms with E-state index in [1.54, 1.807) is 22.9 Å². The molecule has 0 amide bonds. The smallest absolute Gasteiger partial charge is 0.264 e. The van der Waals surface area contributed by atoms with E-state index >= 15 is 0 Å². The van der Waals surface area contributed by atoms with Gasteiger partial charge in [-0.1, -0.05) is 17.7 Å². The molecule has 4 rings (SSSR count). The normalized spacial score (nSPS) is 10.9. The molecule has 0 spiro atoms. The number of hydrogen-bond acceptors (Lipinski definition) is 6. The van der Waals surface area contributed by atoms with Gasteiger partial charge in [0.1, 0.15) is 23.2 Å². The third kappa shape index (κ3) is 3.43. The van der Waals surface area contributed by atoms with E-state index in [-0.39, 0.29) is 17.9 Å². The van der Waals surface area contributed by atoms with Crippen LogP contribution in [0, 0.1) is 6.92 Å². The van der Waals surface area contributed by atoms with Gasteiger partial charge in [0.05, 0.1) is 38.2 Å². The summed E-state index contributed by atoms with van der Waals surface area (Å²) in [6, 6.07) is 12.7. The summed E-state index contributed by atoms with van der Waals surface area (Å²) in [5.74, 6) is 0.648. The monoisotopic (exact) mass is 404 g/mol. The van der Waals surface area contributed by atoms with Gasteiger partial charge in [-0.05, 0) is 37.3 Å². The lowest BCUT2D eigenvalue weighted by Crippen LogP contribution is -2.25. The first kappa shape index (κ1) is 19.4. The van der Waals surface area contributed by atoms with Crippen LogP contribution >= 0.6 is 0 Å². The van der Waals surface area contributed by atoms with E-state index in [2.05, 4.69) is 10.1 Å².